The highest BCUT2D eigenvalue weighted by Gasteiger charge is 2.12. The first-order chi connectivity index (χ1) is 8.20. The first-order valence-electron chi connectivity index (χ1n) is 5.49. The number of nitrogens with two attached hydrogens (primary N) is 1. The minimum atomic E-state index is -0.0162. The summed E-state index contributed by atoms with van der Waals surface area (Å²) in [4.78, 5) is 5.50. The molecule has 0 fully saturated rings. The van der Waals surface area contributed by atoms with Gasteiger partial charge in [-0.1, -0.05) is 6.07 Å². The van der Waals surface area contributed by atoms with Crippen LogP contribution < -0.4 is 10.5 Å². The molecule has 4 heteroatoms. The van der Waals surface area contributed by atoms with Crippen LogP contribution in [0.2, 0.25) is 0 Å². The van der Waals surface area contributed by atoms with Crippen LogP contribution in [-0.2, 0) is 6.42 Å². The summed E-state index contributed by atoms with van der Waals surface area (Å²) in [5.74, 6) is 0.873. The van der Waals surface area contributed by atoms with Gasteiger partial charge >= 0.3 is 0 Å². The number of thiophene rings is 1. The third-order valence-corrected chi connectivity index (χ3v) is 3.77. The second-order valence-electron chi connectivity index (χ2n) is 3.97. The third kappa shape index (κ3) is 2.84. The van der Waals surface area contributed by atoms with Gasteiger partial charge in [0.1, 0.15) is 5.75 Å². The normalized spacial score (nSPS) is 12.4. The van der Waals surface area contributed by atoms with Gasteiger partial charge in [-0.15, -0.1) is 11.3 Å². The first-order valence-corrected chi connectivity index (χ1v) is 6.37. The Hall–Kier alpha value is -1.39. The zero-order valence-electron chi connectivity index (χ0n) is 10.0. The van der Waals surface area contributed by atoms with Crippen LogP contribution in [-0.4, -0.2) is 12.1 Å². The average molecular weight is 248 g/mol. The SMILES string of the molecule is COc1csc(C(N)Cc2ncccc2C)c1. The van der Waals surface area contributed by atoms with E-state index in [1.807, 2.05) is 23.7 Å². The quantitative estimate of drug-likeness (QED) is 0.905. The van der Waals surface area contributed by atoms with Gasteiger partial charge in [0.05, 0.1) is 7.11 Å². The summed E-state index contributed by atoms with van der Waals surface area (Å²) in [6, 6.07) is 5.98. The molecular formula is C13H16N2OS. The number of rotatable bonds is 4. The molecule has 0 aliphatic heterocycles. The molecule has 0 aliphatic carbocycles. The van der Waals surface area contributed by atoms with E-state index in [0.717, 1.165) is 22.7 Å². The van der Waals surface area contributed by atoms with Gasteiger partial charge in [0.15, 0.2) is 0 Å². The van der Waals surface area contributed by atoms with Crippen molar-refractivity contribution in [2.24, 2.45) is 5.73 Å². The number of hydrogen-bond donors (Lipinski definition) is 1. The molecule has 2 N–H and O–H groups in total. The van der Waals surface area contributed by atoms with E-state index in [1.54, 1.807) is 18.4 Å². The van der Waals surface area contributed by atoms with E-state index < -0.39 is 0 Å². The molecule has 0 saturated carbocycles. The molecule has 0 amide bonds. The van der Waals surface area contributed by atoms with Crippen LogP contribution in [0.1, 0.15) is 22.2 Å². The van der Waals surface area contributed by atoms with E-state index in [-0.39, 0.29) is 6.04 Å². The van der Waals surface area contributed by atoms with Crippen LogP contribution in [0, 0.1) is 6.92 Å². The zero-order chi connectivity index (χ0) is 12.3. The molecule has 0 bridgehead atoms. The number of hydrogen-bond acceptors (Lipinski definition) is 4. The van der Waals surface area contributed by atoms with Crippen LogP contribution in [0.25, 0.3) is 0 Å². The molecule has 0 spiro atoms. The summed E-state index contributed by atoms with van der Waals surface area (Å²) in [7, 11) is 1.67. The third-order valence-electron chi connectivity index (χ3n) is 2.73. The van der Waals surface area contributed by atoms with E-state index in [1.165, 1.54) is 5.56 Å². The van der Waals surface area contributed by atoms with E-state index in [9.17, 15) is 0 Å². The molecule has 90 valence electrons. The Morgan fingerprint density at radius 1 is 1.53 bits per heavy atom. The van der Waals surface area contributed by atoms with Gasteiger partial charge in [-0.05, 0) is 24.6 Å². The first kappa shape index (κ1) is 12.1. The van der Waals surface area contributed by atoms with E-state index in [4.69, 9.17) is 10.5 Å². The predicted octanol–water partition coefficient (Wildman–Crippen LogP) is 2.70. The molecule has 2 aromatic heterocycles. The number of aromatic nitrogens is 1. The minimum Gasteiger partial charge on any atom is -0.496 e. The molecule has 2 rings (SSSR count). The molecule has 2 aromatic rings. The van der Waals surface area contributed by atoms with Gasteiger partial charge in [-0.3, -0.25) is 4.98 Å². The maximum absolute atomic E-state index is 6.18. The van der Waals surface area contributed by atoms with Crippen LogP contribution in [0.4, 0.5) is 0 Å². The highest BCUT2D eigenvalue weighted by Crippen LogP contribution is 2.27. The lowest BCUT2D eigenvalue weighted by Crippen LogP contribution is -2.13. The van der Waals surface area contributed by atoms with E-state index >= 15 is 0 Å². The molecule has 17 heavy (non-hydrogen) atoms. The van der Waals surface area contributed by atoms with Crippen molar-refractivity contribution in [1.29, 1.82) is 0 Å². The molecule has 2 heterocycles. The number of methoxy groups -OCH3 is 1. The van der Waals surface area contributed by atoms with Crippen molar-refractivity contribution in [3.8, 4) is 5.75 Å². The van der Waals surface area contributed by atoms with Crippen LogP contribution >= 0.6 is 11.3 Å². The Morgan fingerprint density at radius 3 is 3.00 bits per heavy atom. The lowest BCUT2D eigenvalue weighted by atomic mass is 10.1. The average Bonchev–Trinajstić information content (AvgIpc) is 2.81. The molecule has 0 radical (unpaired) electrons. The second-order valence-corrected chi connectivity index (χ2v) is 4.91. The van der Waals surface area contributed by atoms with Crippen LogP contribution in [0.3, 0.4) is 0 Å². The Kier molecular flexibility index (Phi) is 3.76. The zero-order valence-corrected chi connectivity index (χ0v) is 10.8. The Balaban J connectivity index is 2.11. The molecule has 1 atom stereocenters. The maximum Gasteiger partial charge on any atom is 0.129 e. The summed E-state index contributed by atoms with van der Waals surface area (Å²) in [6.45, 7) is 2.06. The van der Waals surface area contributed by atoms with Gasteiger partial charge in [-0.25, -0.2) is 0 Å². The van der Waals surface area contributed by atoms with Gasteiger partial charge in [0.2, 0.25) is 0 Å². The van der Waals surface area contributed by atoms with Crippen LogP contribution in [0.15, 0.2) is 29.8 Å². The minimum absolute atomic E-state index is 0.0162. The molecule has 3 nitrogen and oxygen atoms in total. The molecule has 0 aliphatic rings. The van der Waals surface area contributed by atoms with Crippen molar-refractivity contribution in [2.45, 2.75) is 19.4 Å². The number of ether oxygens (including phenoxy) is 1. The molecule has 1 unspecified atom stereocenters. The Bertz CT molecular complexity index is 496. The largest absolute Gasteiger partial charge is 0.496 e. The fraction of sp³-hybridized carbons (Fsp3) is 0.308. The molecule has 0 aromatic carbocycles. The number of aryl methyl sites for hydroxylation is 1. The van der Waals surface area contributed by atoms with Gasteiger partial charge in [0.25, 0.3) is 0 Å². The Labute approximate surface area is 105 Å². The van der Waals surface area contributed by atoms with Gasteiger partial charge in [0, 0.05) is 34.6 Å². The predicted molar refractivity (Wildman–Crippen MR) is 70.5 cm³/mol. The topological polar surface area (TPSA) is 48.1 Å². The van der Waals surface area contributed by atoms with Crippen molar-refractivity contribution in [2.75, 3.05) is 7.11 Å². The lowest BCUT2D eigenvalue weighted by molar-refractivity contribution is 0.416. The molecular weight excluding hydrogens is 232 g/mol. The standard InChI is InChI=1S/C13H16N2OS/c1-9-4-3-5-15-12(9)7-11(14)13-6-10(16-2)8-17-13/h3-6,8,11H,7,14H2,1-2H3. The van der Waals surface area contributed by atoms with Crippen LogP contribution in [0.5, 0.6) is 5.75 Å². The smallest absolute Gasteiger partial charge is 0.129 e. The number of nitrogens with zero attached hydrogens (tertiary/aromatic N) is 1. The monoisotopic (exact) mass is 248 g/mol. The highest BCUT2D eigenvalue weighted by atomic mass is 32.1. The Morgan fingerprint density at radius 2 is 2.35 bits per heavy atom. The summed E-state index contributed by atoms with van der Waals surface area (Å²) in [5, 5.41) is 1.97. The molecule has 0 saturated heterocycles. The summed E-state index contributed by atoms with van der Waals surface area (Å²) in [5.41, 5.74) is 8.43. The van der Waals surface area contributed by atoms with Gasteiger partial charge < -0.3 is 10.5 Å². The maximum atomic E-state index is 6.18. The second kappa shape index (κ2) is 5.29. The van der Waals surface area contributed by atoms with Crippen molar-refractivity contribution in [3.63, 3.8) is 0 Å². The lowest BCUT2D eigenvalue weighted by Gasteiger charge is -2.10. The summed E-state index contributed by atoms with van der Waals surface area (Å²) < 4.78 is 5.16. The van der Waals surface area contributed by atoms with Gasteiger partial charge in [-0.2, -0.15) is 0 Å². The number of pyridine rings is 1. The summed E-state index contributed by atoms with van der Waals surface area (Å²) >= 11 is 1.63. The van der Waals surface area contributed by atoms with Crippen molar-refractivity contribution in [1.82, 2.24) is 4.98 Å². The summed E-state index contributed by atoms with van der Waals surface area (Å²) in [6.07, 6.45) is 2.57. The fourth-order valence-electron chi connectivity index (χ4n) is 1.68. The van der Waals surface area contributed by atoms with Crippen molar-refractivity contribution < 1.29 is 4.74 Å². The van der Waals surface area contributed by atoms with E-state index in [0.29, 0.717) is 0 Å². The van der Waals surface area contributed by atoms with Crippen molar-refractivity contribution in [3.05, 3.63) is 45.9 Å². The fourth-order valence-corrected chi connectivity index (χ4v) is 2.54. The highest BCUT2D eigenvalue weighted by molar-refractivity contribution is 7.10. The van der Waals surface area contributed by atoms with Crippen molar-refractivity contribution >= 4 is 11.3 Å². The van der Waals surface area contributed by atoms with E-state index in [2.05, 4.69) is 18.0 Å².